The second kappa shape index (κ2) is 10.4. The van der Waals surface area contributed by atoms with E-state index < -0.39 is 6.17 Å². The van der Waals surface area contributed by atoms with Crippen molar-refractivity contribution in [3.63, 3.8) is 0 Å². The maximum Gasteiger partial charge on any atom is 0.130 e. The molecule has 3 aromatic carbocycles. The molecule has 1 fully saturated rings. The molecule has 1 aliphatic carbocycles. The van der Waals surface area contributed by atoms with Crippen molar-refractivity contribution in [2.75, 3.05) is 26.3 Å². The van der Waals surface area contributed by atoms with Gasteiger partial charge in [0.15, 0.2) is 0 Å². The molecule has 0 amide bonds. The van der Waals surface area contributed by atoms with Crippen molar-refractivity contribution in [1.29, 1.82) is 0 Å². The molecule has 0 radical (unpaired) electrons. The Morgan fingerprint density at radius 3 is 2.43 bits per heavy atom. The zero-order valence-corrected chi connectivity index (χ0v) is 20.2. The van der Waals surface area contributed by atoms with E-state index in [2.05, 4.69) is 29.2 Å². The number of allylic oxidation sites excluding steroid dienone is 1. The molecule has 0 aromatic heterocycles. The monoisotopic (exact) mass is 475 g/mol. The first-order chi connectivity index (χ1) is 17.1. The summed E-state index contributed by atoms with van der Waals surface area (Å²) < 4.78 is 42.2. The predicted molar refractivity (Wildman–Crippen MR) is 137 cm³/mol. The molecule has 182 valence electrons. The molecule has 5 rings (SSSR count). The zero-order chi connectivity index (χ0) is 24.4. The third kappa shape index (κ3) is 4.81. The van der Waals surface area contributed by atoms with Gasteiger partial charge in [0, 0.05) is 25.6 Å². The lowest BCUT2D eigenvalue weighted by Gasteiger charge is -2.41. The summed E-state index contributed by atoms with van der Waals surface area (Å²) in [7, 11) is 0. The third-order valence-corrected chi connectivity index (χ3v) is 7.58. The molecule has 4 heteroatoms. The van der Waals surface area contributed by atoms with Gasteiger partial charge in [0.05, 0.1) is 6.67 Å². The van der Waals surface area contributed by atoms with E-state index in [1.807, 2.05) is 37.3 Å². The van der Waals surface area contributed by atoms with E-state index >= 15 is 4.39 Å². The lowest BCUT2D eigenvalue weighted by atomic mass is 9.85. The van der Waals surface area contributed by atoms with Crippen molar-refractivity contribution in [1.82, 2.24) is 4.90 Å². The number of nitrogens with zero attached hydrogens (tertiary/aromatic N) is 1. The van der Waals surface area contributed by atoms with Crippen LogP contribution >= 0.6 is 0 Å². The maximum absolute atomic E-state index is 15.2. The molecule has 1 unspecified atom stereocenters. The average Bonchev–Trinajstić information content (AvgIpc) is 3.04. The van der Waals surface area contributed by atoms with Crippen molar-refractivity contribution in [3.8, 4) is 0 Å². The Kier molecular flexibility index (Phi) is 7.10. The highest BCUT2D eigenvalue weighted by atomic mass is 19.1. The standard InChI is InChI=1S/C31H32F3N/c1-21-26(10-5-12-29(21)33)28-11-4-8-22-7-2-3-9-27(22)30(28)23-13-15-24(16-14-23)31(34)25-19-35(20-25)18-6-17-32/h2-3,5,7,9-10,12-16,25,31H,4,6,8,11,17-20H2,1H3. The molecular weight excluding hydrogens is 443 g/mol. The number of halogens is 3. The molecule has 0 bridgehead atoms. The molecule has 1 heterocycles. The Bertz CT molecular complexity index is 1210. The number of benzene rings is 3. The number of aryl methyl sites for hydroxylation is 1. The summed E-state index contributed by atoms with van der Waals surface area (Å²) in [6.45, 7) is 3.60. The van der Waals surface area contributed by atoms with E-state index in [0.29, 0.717) is 37.2 Å². The van der Waals surface area contributed by atoms with Gasteiger partial charge in [-0.25, -0.2) is 8.78 Å². The number of fused-ring (bicyclic) bond motifs is 1. The van der Waals surface area contributed by atoms with Gasteiger partial charge in [0.25, 0.3) is 0 Å². The van der Waals surface area contributed by atoms with Gasteiger partial charge in [0.1, 0.15) is 12.0 Å². The van der Waals surface area contributed by atoms with Crippen molar-refractivity contribution in [2.24, 2.45) is 5.92 Å². The number of hydrogen-bond donors (Lipinski definition) is 0. The lowest BCUT2D eigenvalue weighted by Crippen LogP contribution is -2.48. The van der Waals surface area contributed by atoms with Gasteiger partial charge in [-0.2, -0.15) is 0 Å². The van der Waals surface area contributed by atoms with Crippen LogP contribution in [0.2, 0.25) is 0 Å². The predicted octanol–water partition coefficient (Wildman–Crippen LogP) is 7.73. The van der Waals surface area contributed by atoms with Gasteiger partial charge in [-0.15, -0.1) is 0 Å². The smallest absolute Gasteiger partial charge is 0.130 e. The van der Waals surface area contributed by atoms with Crippen LogP contribution < -0.4 is 0 Å². The zero-order valence-electron chi connectivity index (χ0n) is 20.2. The minimum absolute atomic E-state index is 0.0382. The van der Waals surface area contributed by atoms with Gasteiger partial charge in [-0.05, 0) is 83.2 Å². The summed E-state index contributed by atoms with van der Waals surface area (Å²) in [6.07, 6.45) is 2.33. The van der Waals surface area contributed by atoms with Crippen LogP contribution in [0.5, 0.6) is 0 Å². The molecular formula is C31H32F3N. The Morgan fingerprint density at radius 1 is 0.914 bits per heavy atom. The Morgan fingerprint density at radius 2 is 1.66 bits per heavy atom. The summed E-state index contributed by atoms with van der Waals surface area (Å²) in [5.74, 6) is -0.229. The van der Waals surface area contributed by atoms with Gasteiger partial charge >= 0.3 is 0 Å². The van der Waals surface area contributed by atoms with Crippen LogP contribution in [0.1, 0.15) is 58.8 Å². The van der Waals surface area contributed by atoms with Crippen molar-refractivity contribution in [3.05, 3.63) is 106 Å². The number of hydrogen-bond acceptors (Lipinski definition) is 1. The molecule has 1 saturated heterocycles. The number of rotatable bonds is 7. The van der Waals surface area contributed by atoms with Gasteiger partial charge in [0.2, 0.25) is 0 Å². The quantitative estimate of drug-likeness (QED) is 0.338. The minimum Gasteiger partial charge on any atom is -0.302 e. The first kappa shape index (κ1) is 23.9. The minimum atomic E-state index is -1.02. The molecule has 1 atom stereocenters. The van der Waals surface area contributed by atoms with Crippen molar-refractivity contribution < 1.29 is 13.2 Å². The Labute approximate surface area is 206 Å². The van der Waals surface area contributed by atoms with Crippen LogP contribution in [0.25, 0.3) is 11.1 Å². The fourth-order valence-corrected chi connectivity index (χ4v) is 5.63. The van der Waals surface area contributed by atoms with Crippen molar-refractivity contribution >= 4 is 11.1 Å². The van der Waals surface area contributed by atoms with Gasteiger partial charge in [-0.1, -0.05) is 60.7 Å². The van der Waals surface area contributed by atoms with Gasteiger partial charge < -0.3 is 4.90 Å². The van der Waals surface area contributed by atoms with E-state index in [4.69, 9.17) is 0 Å². The second-order valence-electron chi connectivity index (χ2n) is 9.86. The van der Waals surface area contributed by atoms with E-state index in [1.54, 1.807) is 6.07 Å². The highest BCUT2D eigenvalue weighted by Crippen LogP contribution is 2.41. The summed E-state index contributed by atoms with van der Waals surface area (Å²) >= 11 is 0. The highest BCUT2D eigenvalue weighted by Gasteiger charge is 2.34. The normalized spacial score (nSPS) is 17.6. The van der Waals surface area contributed by atoms with Crippen LogP contribution in [0.3, 0.4) is 0 Å². The summed E-state index contributed by atoms with van der Waals surface area (Å²) in [5, 5.41) is 0. The lowest BCUT2D eigenvalue weighted by molar-refractivity contribution is 0.0364. The van der Waals surface area contributed by atoms with E-state index in [1.165, 1.54) is 17.2 Å². The Balaban J connectivity index is 1.50. The summed E-state index contributed by atoms with van der Waals surface area (Å²) in [4.78, 5) is 2.12. The average molecular weight is 476 g/mol. The molecule has 35 heavy (non-hydrogen) atoms. The largest absolute Gasteiger partial charge is 0.302 e. The molecule has 0 N–H and O–H groups in total. The van der Waals surface area contributed by atoms with Crippen LogP contribution in [-0.2, 0) is 6.42 Å². The van der Waals surface area contributed by atoms with E-state index in [9.17, 15) is 8.78 Å². The molecule has 2 aliphatic rings. The summed E-state index contributed by atoms with van der Waals surface area (Å²) in [6, 6.07) is 21.6. The molecule has 1 nitrogen and oxygen atoms in total. The van der Waals surface area contributed by atoms with E-state index in [-0.39, 0.29) is 18.4 Å². The van der Waals surface area contributed by atoms with Crippen LogP contribution in [0.4, 0.5) is 13.2 Å². The summed E-state index contributed by atoms with van der Waals surface area (Å²) in [5.41, 5.74) is 8.09. The first-order valence-electron chi connectivity index (χ1n) is 12.7. The number of alkyl halides is 2. The van der Waals surface area contributed by atoms with Crippen molar-refractivity contribution in [2.45, 2.75) is 38.8 Å². The molecule has 0 saturated carbocycles. The van der Waals surface area contributed by atoms with Gasteiger partial charge in [-0.3, -0.25) is 4.39 Å². The molecule has 0 spiro atoms. The second-order valence-corrected chi connectivity index (χ2v) is 9.86. The fourth-order valence-electron chi connectivity index (χ4n) is 5.63. The fraction of sp³-hybridized carbons (Fsp3) is 0.355. The molecule has 3 aromatic rings. The third-order valence-electron chi connectivity index (χ3n) is 7.58. The van der Waals surface area contributed by atoms with E-state index in [0.717, 1.165) is 41.5 Å². The van der Waals surface area contributed by atoms with Crippen LogP contribution in [0, 0.1) is 18.7 Å². The maximum atomic E-state index is 15.2. The SMILES string of the molecule is Cc1c(F)cccc1C1=C(c2ccc(C(F)C3CN(CCCF)C3)cc2)c2ccccc2CCC1. The van der Waals surface area contributed by atoms with Crippen LogP contribution in [0.15, 0.2) is 66.7 Å². The number of likely N-dealkylation sites (tertiary alicyclic amines) is 1. The Hall–Kier alpha value is -2.85. The first-order valence-corrected chi connectivity index (χ1v) is 12.7. The molecule has 1 aliphatic heterocycles. The highest BCUT2D eigenvalue weighted by molar-refractivity contribution is 6.00. The van der Waals surface area contributed by atoms with Crippen LogP contribution in [-0.4, -0.2) is 31.2 Å². The topological polar surface area (TPSA) is 3.24 Å².